The Hall–Kier alpha value is -1.23. The van der Waals surface area contributed by atoms with Crippen LogP contribution in [0.1, 0.15) is 6.92 Å². The average Bonchev–Trinajstić information content (AvgIpc) is 2.30. The van der Waals surface area contributed by atoms with E-state index in [0.29, 0.717) is 18.0 Å². The predicted octanol–water partition coefficient (Wildman–Crippen LogP) is 2.94. The first-order valence-electron chi connectivity index (χ1n) is 4.94. The van der Waals surface area contributed by atoms with E-state index in [1.165, 1.54) is 0 Å². The van der Waals surface area contributed by atoms with Crippen molar-refractivity contribution in [3.8, 4) is 5.75 Å². The number of rotatable bonds is 3. The molecule has 0 heterocycles. The van der Waals surface area contributed by atoms with Gasteiger partial charge < -0.3 is 15.0 Å². The van der Waals surface area contributed by atoms with Gasteiger partial charge in [-0.05, 0) is 35.0 Å². The highest BCUT2D eigenvalue weighted by Crippen LogP contribution is 2.27. The second kappa shape index (κ2) is 5.75. The Morgan fingerprint density at radius 1 is 1.56 bits per heavy atom. The highest BCUT2D eigenvalue weighted by molar-refractivity contribution is 9.10. The van der Waals surface area contributed by atoms with Gasteiger partial charge in [0.15, 0.2) is 0 Å². The molecule has 0 spiro atoms. The first-order chi connectivity index (χ1) is 7.58. The van der Waals surface area contributed by atoms with Crippen LogP contribution in [-0.2, 0) is 0 Å². The van der Waals surface area contributed by atoms with Crippen LogP contribution in [0.2, 0.25) is 0 Å². The molecule has 5 heteroatoms. The van der Waals surface area contributed by atoms with Crippen LogP contribution >= 0.6 is 15.9 Å². The summed E-state index contributed by atoms with van der Waals surface area (Å²) in [5.74, 6) is 0.706. The van der Waals surface area contributed by atoms with Crippen LogP contribution in [0.15, 0.2) is 22.7 Å². The van der Waals surface area contributed by atoms with Gasteiger partial charge in [0.2, 0.25) is 0 Å². The fourth-order valence-corrected chi connectivity index (χ4v) is 1.43. The summed E-state index contributed by atoms with van der Waals surface area (Å²) in [5, 5.41) is 2.80. The molecule has 0 bridgehead atoms. The first-order valence-corrected chi connectivity index (χ1v) is 5.73. The summed E-state index contributed by atoms with van der Waals surface area (Å²) >= 11 is 3.37. The molecule has 0 saturated carbocycles. The Kier molecular flexibility index (Phi) is 4.61. The molecule has 1 aromatic rings. The fourth-order valence-electron chi connectivity index (χ4n) is 1.08. The van der Waals surface area contributed by atoms with Crippen LogP contribution in [0.25, 0.3) is 0 Å². The lowest BCUT2D eigenvalue weighted by Gasteiger charge is -2.16. The highest BCUT2D eigenvalue weighted by atomic mass is 79.9. The van der Waals surface area contributed by atoms with Gasteiger partial charge in [0.05, 0.1) is 12.8 Å². The van der Waals surface area contributed by atoms with Gasteiger partial charge in [0, 0.05) is 24.1 Å². The number of nitrogens with zero attached hydrogens (tertiary/aromatic N) is 1. The van der Waals surface area contributed by atoms with Crippen LogP contribution in [0.4, 0.5) is 10.5 Å². The second-order valence-electron chi connectivity index (χ2n) is 3.29. The number of halogens is 1. The molecular formula is C11H15BrN2O2. The summed E-state index contributed by atoms with van der Waals surface area (Å²) in [5.41, 5.74) is 0.699. The van der Waals surface area contributed by atoms with Crippen LogP contribution in [0, 0.1) is 0 Å². The Labute approximate surface area is 104 Å². The monoisotopic (exact) mass is 286 g/mol. The molecule has 2 amide bonds. The maximum Gasteiger partial charge on any atom is 0.321 e. The lowest BCUT2D eigenvalue weighted by atomic mass is 10.3. The van der Waals surface area contributed by atoms with Crippen molar-refractivity contribution in [2.24, 2.45) is 0 Å². The van der Waals surface area contributed by atoms with E-state index in [1.807, 2.05) is 19.1 Å². The highest BCUT2D eigenvalue weighted by Gasteiger charge is 2.09. The normalized spacial score (nSPS) is 9.75. The Morgan fingerprint density at radius 2 is 2.25 bits per heavy atom. The maximum atomic E-state index is 11.6. The molecule has 1 N–H and O–H groups in total. The molecular weight excluding hydrogens is 272 g/mol. The minimum Gasteiger partial charge on any atom is -0.497 e. The molecule has 0 atom stereocenters. The third kappa shape index (κ3) is 3.13. The number of carbonyl (C=O) groups is 1. The minimum atomic E-state index is -0.142. The van der Waals surface area contributed by atoms with E-state index in [-0.39, 0.29) is 6.03 Å². The van der Waals surface area contributed by atoms with E-state index in [9.17, 15) is 4.79 Å². The number of hydrogen-bond acceptors (Lipinski definition) is 2. The number of carbonyl (C=O) groups excluding carboxylic acids is 1. The van der Waals surface area contributed by atoms with Gasteiger partial charge >= 0.3 is 6.03 Å². The van der Waals surface area contributed by atoms with E-state index in [2.05, 4.69) is 21.2 Å². The molecule has 1 rings (SSSR count). The van der Waals surface area contributed by atoms with Crippen molar-refractivity contribution < 1.29 is 9.53 Å². The van der Waals surface area contributed by atoms with Gasteiger partial charge in [0.1, 0.15) is 5.75 Å². The molecule has 0 saturated heterocycles. The predicted molar refractivity (Wildman–Crippen MR) is 68.0 cm³/mol. The molecule has 0 aliphatic heterocycles. The zero-order valence-corrected chi connectivity index (χ0v) is 11.2. The van der Waals surface area contributed by atoms with Gasteiger partial charge in [0.25, 0.3) is 0 Å². The summed E-state index contributed by atoms with van der Waals surface area (Å²) in [6.45, 7) is 2.58. The van der Waals surface area contributed by atoms with Crippen molar-refractivity contribution in [1.29, 1.82) is 0 Å². The standard InChI is InChI=1S/C11H15BrN2O2/c1-4-14(2)11(15)13-10-7-8(16-3)5-6-9(10)12/h5-7H,4H2,1-3H3,(H,13,15). The number of methoxy groups -OCH3 is 1. The average molecular weight is 287 g/mol. The first kappa shape index (κ1) is 12.8. The molecule has 0 aliphatic carbocycles. The summed E-state index contributed by atoms with van der Waals surface area (Å²) in [7, 11) is 3.33. The molecule has 0 aromatic heterocycles. The third-order valence-corrected chi connectivity index (χ3v) is 2.93. The minimum absolute atomic E-state index is 0.142. The van der Waals surface area contributed by atoms with Crippen molar-refractivity contribution in [2.75, 3.05) is 26.0 Å². The molecule has 4 nitrogen and oxygen atoms in total. The summed E-state index contributed by atoms with van der Waals surface area (Å²) < 4.78 is 5.92. The zero-order chi connectivity index (χ0) is 12.1. The molecule has 16 heavy (non-hydrogen) atoms. The molecule has 0 radical (unpaired) electrons. The van der Waals surface area contributed by atoms with Crippen molar-refractivity contribution in [1.82, 2.24) is 4.90 Å². The topological polar surface area (TPSA) is 41.6 Å². The van der Waals surface area contributed by atoms with E-state index >= 15 is 0 Å². The fraction of sp³-hybridized carbons (Fsp3) is 0.364. The molecule has 0 unspecified atom stereocenters. The van der Waals surface area contributed by atoms with Crippen LogP contribution in [-0.4, -0.2) is 31.6 Å². The number of nitrogens with one attached hydrogen (secondary N) is 1. The number of anilines is 1. The summed E-state index contributed by atoms with van der Waals surface area (Å²) in [6, 6.07) is 5.28. The Morgan fingerprint density at radius 3 is 2.81 bits per heavy atom. The summed E-state index contributed by atoms with van der Waals surface area (Å²) in [4.78, 5) is 13.2. The van der Waals surface area contributed by atoms with Gasteiger partial charge in [-0.1, -0.05) is 0 Å². The lowest BCUT2D eigenvalue weighted by molar-refractivity contribution is 0.224. The number of hydrogen-bond donors (Lipinski definition) is 1. The van der Waals surface area contributed by atoms with E-state index in [1.54, 1.807) is 25.1 Å². The van der Waals surface area contributed by atoms with E-state index in [0.717, 1.165) is 4.47 Å². The van der Waals surface area contributed by atoms with Crippen molar-refractivity contribution >= 4 is 27.6 Å². The lowest BCUT2D eigenvalue weighted by Crippen LogP contribution is -2.31. The molecule has 1 aromatic carbocycles. The van der Waals surface area contributed by atoms with Gasteiger partial charge in [-0.25, -0.2) is 4.79 Å². The van der Waals surface area contributed by atoms with Crippen LogP contribution < -0.4 is 10.1 Å². The molecule has 0 fully saturated rings. The Balaban J connectivity index is 2.83. The van der Waals surface area contributed by atoms with E-state index in [4.69, 9.17) is 4.74 Å². The van der Waals surface area contributed by atoms with Gasteiger partial charge in [-0.2, -0.15) is 0 Å². The number of urea groups is 1. The summed E-state index contributed by atoms with van der Waals surface area (Å²) in [6.07, 6.45) is 0. The zero-order valence-electron chi connectivity index (χ0n) is 9.58. The quantitative estimate of drug-likeness (QED) is 0.928. The maximum absolute atomic E-state index is 11.6. The van der Waals surface area contributed by atoms with Crippen molar-refractivity contribution in [2.45, 2.75) is 6.92 Å². The second-order valence-corrected chi connectivity index (χ2v) is 4.14. The van der Waals surface area contributed by atoms with Gasteiger partial charge in [-0.15, -0.1) is 0 Å². The van der Waals surface area contributed by atoms with Crippen molar-refractivity contribution in [3.05, 3.63) is 22.7 Å². The smallest absolute Gasteiger partial charge is 0.321 e. The molecule has 88 valence electrons. The van der Waals surface area contributed by atoms with Crippen molar-refractivity contribution in [3.63, 3.8) is 0 Å². The SMILES string of the molecule is CCN(C)C(=O)Nc1cc(OC)ccc1Br. The third-order valence-electron chi connectivity index (χ3n) is 2.24. The number of ether oxygens (including phenoxy) is 1. The van der Waals surface area contributed by atoms with Gasteiger partial charge in [-0.3, -0.25) is 0 Å². The Bertz CT molecular complexity index is 382. The van der Waals surface area contributed by atoms with Crippen LogP contribution in [0.3, 0.4) is 0 Å². The van der Waals surface area contributed by atoms with Crippen LogP contribution in [0.5, 0.6) is 5.75 Å². The number of benzene rings is 1. The largest absolute Gasteiger partial charge is 0.497 e. The van der Waals surface area contributed by atoms with E-state index < -0.39 is 0 Å². The number of amides is 2. The molecule has 0 aliphatic rings.